The summed E-state index contributed by atoms with van der Waals surface area (Å²) in [7, 11) is 0. The van der Waals surface area contributed by atoms with Gasteiger partial charge in [-0.1, -0.05) is 17.8 Å². The van der Waals surface area contributed by atoms with Gasteiger partial charge in [-0.2, -0.15) is 0 Å². The number of aryl methyl sites for hydroxylation is 1. The summed E-state index contributed by atoms with van der Waals surface area (Å²) in [6, 6.07) is 3.95. The molecule has 2 N–H and O–H groups in total. The van der Waals surface area contributed by atoms with E-state index >= 15 is 0 Å². The molecule has 98 valence electrons. The van der Waals surface area contributed by atoms with Crippen LogP contribution in [-0.2, 0) is 5.75 Å². The van der Waals surface area contributed by atoms with Crippen molar-refractivity contribution in [1.29, 1.82) is 0 Å². The maximum absolute atomic E-state index is 6.02. The van der Waals surface area contributed by atoms with Crippen LogP contribution in [0.2, 0.25) is 0 Å². The smallest absolute Gasteiger partial charge is 0.210 e. The van der Waals surface area contributed by atoms with Gasteiger partial charge in [-0.05, 0) is 18.4 Å². The lowest BCUT2D eigenvalue weighted by Crippen LogP contribution is -2.11. The molecule has 0 aliphatic carbocycles. The minimum Gasteiger partial charge on any atom is -0.335 e. The van der Waals surface area contributed by atoms with E-state index in [4.69, 9.17) is 5.84 Å². The first-order chi connectivity index (χ1) is 9.24. The van der Waals surface area contributed by atoms with E-state index in [0.717, 1.165) is 21.3 Å². The molecule has 19 heavy (non-hydrogen) atoms. The fourth-order valence-corrected chi connectivity index (χ4v) is 3.73. The third-order valence-electron chi connectivity index (χ3n) is 2.42. The predicted octanol–water partition coefficient (Wildman–Crippen LogP) is 2.78. The van der Waals surface area contributed by atoms with Crippen LogP contribution < -0.4 is 5.84 Å². The van der Waals surface area contributed by atoms with Gasteiger partial charge in [0.1, 0.15) is 0 Å². The zero-order valence-corrected chi connectivity index (χ0v) is 12.6. The number of thioether (sulfide) groups is 1. The van der Waals surface area contributed by atoms with Gasteiger partial charge < -0.3 is 5.84 Å². The Morgan fingerprint density at radius 2 is 2.26 bits per heavy atom. The lowest BCUT2D eigenvalue weighted by Gasteiger charge is -2.00. The molecule has 0 saturated carbocycles. The van der Waals surface area contributed by atoms with Crippen molar-refractivity contribution in [1.82, 2.24) is 19.9 Å². The highest BCUT2D eigenvalue weighted by Gasteiger charge is 2.13. The van der Waals surface area contributed by atoms with E-state index in [1.165, 1.54) is 4.68 Å². The molecule has 3 aromatic heterocycles. The average Bonchev–Trinajstić information content (AvgIpc) is 3.09. The summed E-state index contributed by atoms with van der Waals surface area (Å²) in [5.74, 6) is 7.48. The van der Waals surface area contributed by atoms with Crippen molar-refractivity contribution in [2.75, 3.05) is 5.84 Å². The number of nitrogen functional groups attached to an aromatic ring is 1. The quantitative estimate of drug-likeness (QED) is 0.593. The number of nitrogens with two attached hydrogens (primary N) is 1. The highest BCUT2D eigenvalue weighted by Crippen LogP contribution is 2.26. The van der Waals surface area contributed by atoms with Crippen LogP contribution in [0.1, 0.15) is 10.7 Å². The fourth-order valence-electron chi connectivity index (χ4n) is 1.56. The summed E-state index contributed by atoms with van der Waals surface area (Å²) in [6.07, 6.45) is 0. The Bertz CT molecular complexity index is 670. The van der Waals surface area contributed by atoms with E-state index in [-0.39, 0.29) is 0 Å². The van der Waals surface area contributed by atoms with Crippen molar-refractivity contribution in [2.45, 2.75) is 17.8 Å². The van der Waals surface area contributed by atoms with Gasteiger partial charge in [0.05, 0.1) is 15.6 Å². The molecule has 5 nitrogen and oxygen atoms in total. The summed E-state index contributed by atoms with van der Waals surface area (Å²) >= 11 is 4.79. The Morgan fingerprint density at radius 1 is 1.37 bits per heavy atom. The van der Waals surface area contributed by atoms with E-state index in [0.29, 0.717) is 11.0 Å². The highest BCUT2D eigenvalue weighted by atomic mass is 32.2. The molecule has 0 bridgehead atoms. The van der Waals surface area contributed by atoms with Crippen molar-refractivity contribution < 1.29 is 0 Å². The van der Waals surface area contributed by atoms with Gasteiger partial charge in [-0.3, -0.25) is 0 Å². The molecular formula is C11H11N5S3. The van der Waals surface area contributed by atoms with E-state index in [1.54, 1.807) is 34.4 Å². The molecule has 0 aliphatic rings. The maximum atomic E-state index is 6.02. The van der Waals surface area contributed by atoms with Crippen LogP contribution in [-0.4, -0.2) is 19.9 Å². The van der Waals surface area contributed by atoms with E-state index in [2.05, 4.69) is 20.6 Å². The second kappa shape index (κ2) is 5.32. The second-order valence-corrected chi connectivity index (χ2v) is 6.75. The average molecular weight is 309 g/mol. The Balaban J connectivity index is 1.75. The van der Waals surface area contributed by atoms with E-state index in [1.807, 2.05) is 24.4 Å². The number of thiazole rings is 1. The summed E-state index contributed by atoms with van der Waals surface area (Å²) in [5.41, 5.74) is 1.05. The lowest BCUT2D eigenvalue weighted by molar-refractivity contribution is 0.850. The topological polar surface area (TPSA) is 69.6 Å². The molecule has 0 spiro atoms. The van der Waals surface area contributed by atoms with Crippen LogP contribution in [0.5, 0.6) is 0 Å². The summed E-state index contributed by atoms with van der Waals surface area (Å²) in [4.78, 5) is 5.43. The van der Waals surface area contributed by atoms with Gasteiger partial charge >= 0.3 is 0 Å². The first kappa shape index (κ1) is 12.6. The Hall–Kier alpha value is -1.38. The van der Waals surface area contributed by atoms with Crippen molar-refractivity contribution in [3.8, 4) is 10.7 Å². The number of nitrogens with zero attached hydrogens (tertiary/aromatic N) is 4. The largest absolute Gasteiger partial charge is 0.335 e. The van der Waals surface area contributed by atoms with E-state index in [9.17, 15) is 0 Å². The molecule has 8 heteroatoms. The number of hydrogen-bond donors (Lipinski definition) is 1. The molecule has 3 heterocycles. The molecule has 0 atom stereocenters. The summed E-state index contributed by atoms with van der Waals surface area (Å²) in [6.45, 7) is 2.00. The van der Waals surface area contributed by atoms with Gasteiger partial charge in [0.25, 0.3) is 0 Å². The molecule has 0 unspecified atom stereocenters. The molecular weight excluding hydrogens is 298 g/mol. The molecule has 3 aromatic rings. The van der Waals surface area contributed by atoms with Crippen LogP contribution in [0.15, 0.2) is 28.0 Å². The van der Waals surface area contributed by atoms with Crippen LogP contribution in [0, 0.1) is 6.92 Å². The van der Waals surface area contributed by atoms with Crippen LogP contribution >= 0.6 is 34.4 Å². The lowest BCUT2D eigenvalue weighted by atomic mass is 10.4. The Morgan fingerprint density at radius 3 is 2.95 bits per heavy atom. The molecule has 0 saturated heterocycles. The normalized spacial score (nSPS) is 11.0. The predicted molar refractivity (Wildman–Crippen MR) is 79.9 cm³/mol. The minimum atomic E-state index is 0.701. The molecule has 0 amide bonds. The van der Waals surface area contributed by atoms with Gasteiger partial charge in [-0.15, -0.1) is 32.9 Å². The van der Waals surface area contributed by atoms with Crippen molar-refractivity contribution in [3.63, 3.8) is 0 Å². The first-order valence-corrected chi connectivity index (χ1v) is 8.26. The molecule has 0 aromatic carbocycles. The van der Waals surface area contributed by atoms with Gasteiger partial charge in [0, 0.05) is 11.1 Å². The van der Waals surface area contributed by atoms with Crippen molar-refractivity contribution in [3.05, 3.63) is 33.6 Å². The van der Waals surface area contributed by atoms with Crippen molar-refractivity contribution in [2.24, 2.45) is 0 Å². The second-order valence-electron chi connectivity index (χ2n) is 3.80. The molecule has 0 radical (unpaired) electrons. The zero-order chi connectivity index (χ0) is 13.2. The monoisotopic (exact) mass is 309 g/mol. The van der Waals surface area contributed by atoms with Gasteiger partial charge in [0.2, 0.25) is 5.16 Å². The SMILES string of the molecule is Cc1nc(CSc2nnc(-c3cccs3)n2N)cs1. The highest BCUT2D eigenvalue weighted by molar-refractivity contribution is 7.98. The third kappa shape index (κ3) is 2.65. The van der Waals surface area contributed by atoms with Crippen LogP contribution in [0.4, 0.5) is 0 Å². The Labute approximate surface area is 122 Å². The first-order valence-electron chi connectivity index (χ1n) is 5.52. The minimum absolute atomic E-state index is 0.701. The molecule has 0 fully saturated rings. The van der Waals surface area contributed by atoms with Crippen LogP contribution in [0.25, 0.3) is 10.7 Å². The molecule has 3 rings (SSSR count). The number of thiophene rings is 1. The summed E-state index contributed by atoms with van der Waals surface area (Å²) < 4.78 is 1.54. The molecule has 0 aliphatic heterocycles. The summed E-state index contributed by atoms with van der Waals surface area (Å²) in [5, 5.41) is 14.1. The van der Waals surface area contributed by atoms with E-state index < -0.39 is 0 Å². The maximum Gasteiger partial charge on any atom is 0.210 e. The standard InChI is InChI=1S/C11H11N5S3/c1-7-13-8(5-18-7)6-19-11-15-14-10(16(11)12)9-3-2-4-17-9/h2-5H,6,12H2,1H3. The van der Waals surface area contributed by atoms with Crippen LogP contribution in [0.3, 0.4) is 0 Å². The van der Waals surface area contributed by atoms with Crippen molar-refractivity contribution >= 4 is 34.4 Å². The van der Waals surface area contributed by atoms with Gasteiger partial charge in [0.15, 0.2) is 5.82 Å². The zero-order valence-electron chi connectivity index (χ0n) is 10.1. The third-order valence-corrected chi connectivity index (χ3v) is 5.09. The fraction of sp³-hybridized carbons (Fsp3) is 0.182. The van der Waals surface area contributed by atoms with Gasteiger partial charge in [-0.25, -0.2) is 9.66 Å². The number of hydrogen-bond acceptors (Lipinski definition) is 7. The number of aromatic nitrogens is 4. The Kier molecular flexibility index (Phi) is 3.54. The number of rotatable bonds is 4.